The number of rotatable bonds is 25. The van der Waals surface area contributed by atoms with Crippen LogP contribution in [0.25, 0.3) is 33.4 Å². The quantitative estimate of drug-likeness (QED) is 0.0465. The van der Waals surface area contributed by atoms with E-state index in [2.05, 4.69) is 138 Å². The number of hydrogen-bond donors (Lipinski definition) is 0. The summed E-state index contributed by atoms with van der Waals surface area (Å²) < 4.78 is 0. The van der Waals surface area contributed by atoms with Crippen molar-refractivity contribution >= 4 is 0 Å². The molecule has 0 amide bonds. The van der Waals surface area contributed by atoms with E-state index in [1.54, 1.807) is 11.1 Å². The van der Waals surface area contributed by atoms with E-state index in [4.69, 9.17) is 0 Å². The highest BCUT2D eigenvalue weighted by Crippen LogP contribution is 2.57. The summed E-state index contributed by atoms with van der Waals surface area (Å²) in [5.74, 6) is 0. The van der Waals surface area contributed by atoms with Crippen molar-refractivity contribution in [3.63, 3.8) is 0 Å². The van der Waals surface area contributed by atoms with Crippen molar-refractivity contribution in [3.8, 4) is 33.4 Å². The van der Waals surface area contributed by atoms with Crippen molar-refractivity contribution < 1.29 is 0 Å². The van der Waals surface area contributed by atoms with Crippen LogP contribution in [0.4, 0.5) is 0 Å². The minimum absolute atomic E-state index is 0.0134. The van der Waals surface area contributed by atoms with Crippen molar-refractivity contribution in [2.75, 3.05) is 0 Å². The molecule has 0 fully saturated rings. The molecule has 0 spiro atoms. The molecule has 0 atom stereocenters. The van der Waals surface area contributed by atoms with Gasteiger partial charge in [-0.05, 0) is 133 Å². The Morgan fingerprint density at radius 3 is 1.16 bits per heavy atom. The molecule has 0 radical (unpaired) electrons. The van der Waals surface area contributed by atoms with Crippen LogP contribution in [0.2, 0.25) is 0 Å². The molecule has 0 aliphatic heterocycles. The van der Waals surface area contributed by atoms with Gasteiger partial charge in [-0.15, -0.1) is 0 Å². The van der Waals surface area contributed by atoms with Gasteiger partial charge in [0.25, 0.3) is 0 Å². The molecule has 0 saturated heterocycles. The highest BCUT2D eigenvalue weighted by atomic mass is 14.5. The molecule has 0 heterocycles. The van der Waals surface area contributed by atoms with Gasteiger partial charge in [0.15, 0.2) is 0 Å². The normalized spacial score (nSPS) is 14.5. The summed E-state index contributed by atoms with van der Waals surface area (Å²) in [4.78, 5) is 0. The molecule has 0 nitrogen and oxygen atoms in total. The monoisotopic (exact) mass is 771 g/mol. The number of unbranched alkanes of at least 4 members (excludes halogenated alkanes) is 12. The molecule has 306 valence electrons. The van der Waals surface area contributed by atoms with E-state index in [1.807, 2.05) is 12.2 Å². The molecular formula is C58H74. The van der Waals surface area contributed by atoms with Crippen LogP contribution in [0.5, 0.6) is 0 Å². The van der Waals surface area contributed by atoms with Crippen molar-refractivity contribution in [1.82, 2.24) is 0 Å². The maximum atomic E-state index is 3.92. The minimum Gasteiger partial charge on any atom is -0.0991 e. The second-order valence-electron chi connectivity index (χ2n) is 17.9. The summed E-state index contributed by atoms with van der Waals surface area (Å²) >= 11 is 0. The first-order valence-corrected chi connectivity index (χ1v) is 23.5. The Morgan fingerprint density at radius 1 is 0.414 bits per heavy atom. The van der Waals surface area contributed by atoms with Gasteiger partial charge in [0.1, 0.15) is 0 Å². The molecule has 0 bridgehead atoms. The van der Waals surface area contributed by atoms with Gasteiger partial charge in [-0.1, -0.05) is 212 Å². The molecule has 4 aromatic carbocycles. The third kappa shape index (κ3) is 9.65. The topological polar surface area (TPSA) is 0 Å². The van der Waals surface area contributed by atoms with Gasteiger partial charge in [0.2, 0.25) is 0 Å². The average molecular weight is 771 g/mol. The molecule has 0 aromatic heterocycles. The zero-order valence-corrected chi connectivity index (χ0v) is 36.9. The van der Waals surface area contributed by atoms with Crippen LogP contribution in [-0.2, 0) is 10.8 Å². The van der Waals surface area contributed by atoms with Crippen LogP contribution in [0.3, 0.4) is 0 Å². The zero-order valence-electron chi connectivity index (χ0n) is 36.9. The number of benzene rings is 4. The van der Waals surface area contributed by atoms with E-state index < -0.39 is 0 Å². The second-order valence-corrected chi connectivity index (χ2v) is 17.9. The van der Waals surface area contributed by atoms with Gasteiger partial charge in [0, 0.05) is 10.8 Å². The number of aryl methyl sites for hydroxylation is 2. The van der Waals surface area contributed by atoms with Crippen molar-refractivity contribution in [2.45, 2.75) is 167 Å². The minimum atomic E-state index is -0.0134. The number of allylic oxidation sites excluding steroid dienone is 6. The first-order valence-electron chi connectivity index (χ1n) is 23.5. The maximum Gasteiger partial charge on any atom is 0.0215 e. The van der Waals surface area contributed by atoms with Gasteiger partial charge in [-0.25, -0.2) is 0 Å². The largest absolute Gasteiger partial charge is 0.0991 e. The first kappa shape index (κ1) is 43.4. The Bertz CT molecular complexity index is 1990. The van der Waals surface area contributed by atoms with E-state index in [-0.39, 0.29) is 10.8 Å². The van der Waals surface area contributed by atoms with Crippen LogP contribution < -0.4 is 0 Å². The van der Waals surface area contributed by atoms with Crippen molar-refractivity contribution in [1.29, 1.82) is 0 Å². The Labute approximate surface area is 354 Å². The molecular weight excluding hydrogens is 697 g/mol. The second kappa shape index (κ2) is 21.2. The van der Waals surface area contributed by atoms with Gasteiger partial charge < -0.3 is 0 Å². The van der Waals surface area contributed by atoms with Crippen LogP contribution in [0, 0.1) is 13.8 Å². The predicted molar refractivity (Wildman–Crippen MR) is 256 cm³/mol. The highest BCUT2D eigenvalue weighted by Gasteiger charge is 2.44. The Kier molecular flexibility index (Phi) is 15.9. The first-order chi connectivity index (χ1) is 28.4. The van der Waals surface area contributed by atoms with E-state index in [0.29, 0.717) is 0 Å². The lowest BCUT2D eigenvalue weighted by molar-refractivity contribution is 0.398. The van der Waals surface area contributed by atoms with E-state index in [0.717, 1.165) is 38.5 Å². The fourth-order valence-corrected chi connectivity index (χ4v) is 10.7. The fourth-order valence-electron chi connectivity index (χ4n) is 10.7. The van der Waals surface area contributed by atoms with E-state index in [1.165, 1.54) is 146 Å². The van der Waals surface area contributed by atoms with E-state index >= 15 is 0 Å². The molecule has 2 aliphatic rings. The van der Waals surface area contributed by atoms with Gasteiger partial charge in [-0.2, -0.15) is 0 Å². The van der Waals surface area contributed by atoms with E-state index in [9.17, 15) is 0 Å². The molecule has 0 saturated carbocycles. The standard InChI is InChI=1S/C58H74/c1-7-11-15-19-23-27-39-58(40-28-24-20-16-12-8-2)54-42-46(6)30-34-50(54)52-36-32-48(44-56(52)58)47-31-35-51-49-33-29-45(5)41-53(49)57(55(51)43-47,37-25-21-17-13-9-3)38-26-22-18-14-10-4/h9-10,13-14,17-18,29-36,41-44H,3-4,7-8,11-12,15-16,19-28,37-40H2,1-2,5-6H3/b17-13-,18-14-. The zero-order chi connectivity index (χ0) is 40.8. The smallest absolute Gasteiger partial charge is 0.0215 e. The summed E-state index contributed by atoms with van der Waals surface area (Å²) in [5, 5.41) is 0. The van der Waals surface area contributed by atoms with Crippen LogP contribution >= 0.6 is 0 Å². The van der Waals surface area contributed by atoms with Gasteiger partial charge in [-0.3, -0.25) is 0 Å². The molecule has 0 N–H and O–H groups in total. The summed E-state index contributed by atoms with van der Waals surface area (Å²) in [5.41, 5.74) is 17.7. The van der Waals surface area contributed by atoms with Crippen molar-refractivity contribution in [3.05, 3.63) is 156 Å². The lowest BCUT2D eigenvalue weighted by Gasteiger charge is -2.34. The molecule has 6 rings (SSSR count). The lowest BCUT2D eigenvalue weighted by atomic mass is 9.69. The molecule has 0 heteroatoms. The number of fused-ring (bicyclic) bond motifs is 6. The Hall–Kier alpha value is -4.16. The third-order valence-corrected chi connectivity index (χ3v) is 13.8. The van der Waals surface area contributed by atoms with Crippen LogP contribution in [-0.4, -0.2) is 0 Å². The summed E-state index contributed by atoms with van der Waals surface area (Å²) in [6.45, 7) is 17.1. The molecule has 2 aliphatic carbocycles. The average Bonchev–Trinajstić information content (AvgIpc) is 3.65. The number of hydrogen-bond acceptors (Lipinski definition) is 0. The maximum absolute atomic E-state index is 3.92. The van der Waals surface area contributed by atoms with Crippen LogP contribution in [0.1, 0.15) is 176 Å². The summed E-state index contributed by atoms with van der Waals surface area (Å²) in [6.07, 6.45) is 38.0. The molecule has 0 unspecified atom stereocenters. The van der Waals surface area contributed by atoms with Crippen LogP contribution in [0.15, 0.2) is 122 Å². The third-order valence-electron chi connectivity index (χ3n) is 13.8. The van der Waals surface area contributed by atoms with Crippen molar-refractivity contribution in [2.24, 2.45) is 0 Å². The highest BCUT2D eigenvalue weighted by molar-refractivity contribution is 5.87. The predicted octanol–water partition coefficient (Wildman–Crippen LogP) is 17.8. The Balaban J connectivity index is 1.43. The fraction of sp³-hybridized carbons (Fsp3) is 0.448. The van der Waals surface area contributed by atoms with Gasteiger partial charge in [0.05, 0.1) is 0 Å². The molecule has 58 heavy (non-hydrogen) atoms. The lowest BCUT2D eigenvalue weighted by Crippen LogP contribution is -2.26. The molecule has 4 aromatic rings. The van der Waals surface area contributed by atoms with Gasteiger partial charge >= 0.3 is 0 Å². The summed E-state index contributed by atoms with van der Waals surface area (Å²) in [6, 6.07) is 29.8. The Morgan fingerprint density at radius 2 is 0.759 bits per heavy atom. The summed E-state index contributed by atoms with van der Waals surface area (Å²) in [7, 11) is 0. The SMILES string of the molecule is C=C/C=C\CCCC1(CCC/C=C\C=C)c2cc(C)ccc2-c2ccc(-c3ccc4c(c3)C(CCCCCCCC)(CCCCCCCC)c3cc(C)ccc3-4)cc21.